The molecule has 5 amide bonds. The molecule has 2 N–H and O–H groups in total. The van der Waals surface area contributed by atoms with Crippen LogP contribution < -0.4 is 10.6 Å². The van der Waals surface area contributed by atoms with Crippen molar-refractivity contribution in [2.75, 3.05) is 13.6 Å². The smallest absolute Gasteiger partial charge is 0.262 e. The minimum Gasteiger partial charge on any atom is -0.343 e. The number of carbonyl (C=O) groups is 5. The number of likely N-dealkylation sites (N-methyl/N-ethyl adjacent to an activating group) is 1. The van der Waals surface area contributed by atoms with Crippen molar-refractivity contribution in [3.63, 3.8) is 0 Å². The molecule has 1 saturated carbocycles. The molecule has 1 atom stereocenters. The normalized spacial score (nSPS) is 18.3. The number of hydrogen-bond acceptors (Lipinski definition) is 7. The predicted octanol–water partition coefficient (Wildman–Crippen LogP) is 4.14. The van der Waals surface area contributed by atoms with Crippen LogP contribution >= 0.6 is 0 Å². The lowest BCUT2D eigenvalue weighted by Crippen LogP contribution is -2.54. The molecule has 5 aromatic rings. The summed E-state index contributed by atoms with van der Waals surface area (Å²) in [6.45, 7) is 2.41. The zero-order valence-electron chi connectivity index (χ0n) is 26.9. The molecule has 246 valence electrons. The molecule has 49 heavy (non-hydrogen) atoms. The molecule has 8 rings (SSSR count). The van der Waals surface area contributed by atoms with Gasteiger partial charge in [0.1, 0.15) is 11.7 Å². The molecule has 4 heterocycles. The maximum Gasteiger partial charge on any atom is 0.262 e. The van der Waals surface area contributed by atoms with Gasteiger partial charge in [0.05, 0.1) is 22.2 Å². The summed E-state index contributed by atoms with van der Waals surface area (Å²) in [6.07, 6.45) is 3.53. The third-order valence-corrected chi connectivity index (χ3v) is 10.00. The average Bonchev–Trinajstić information content (AvgIpc) is 3.76. The van der Waals surface area contributed by atoms with E-state index < -0.39 is 35.2 Å². The lowest BCUT2D eigenvalue weighted by molar-refractivity contribution is -0.136. The minimum absolute atomic E-state index is 0.0405. The van der Waals surface area contributed by atoms with Crippen LogP contribution in [-0.4, -0.2) is 68.5 Å². The Labute approximate surface area is 281 Å². The predicted molar refractivity (Wildman–Crippen MR) is 182 cm³/mol. The van der Waals surface area contributed by atoms with Gasteiger partial charge in [-0.2, -0.15) is 0 Å². The summed E-state index contributed by atoms with van der Waals surface area (Å²) in [5, 5.41) is 7.72. The summed E-state index contributed by atoms with van der Waals surface area (Å²) in [5.74, 6) is -2.69. The third-order valence-electron chi connectivity index (χ3n) is 10.00. The first-order valence-electron chi connectivity index (χ1n) is 16.5. The number of pyridine rings is 1. The van der Waals surface area contributed by atoms with Gasteiger partial charge in [0.25, 0.3) is 17.7 Å². The summed E-state index contributed by atoms with van der Waals surface area (Å²) in [6, 6.07) is 24.2. The van der Waals surface area contributed by atoms with Crippen molar-refractivity contribution in [3.05, 3.63) is 113 Å². The summed E-state index contributed by atoms with van der Waals surface area (Å²) in [5.41, 5.74) is 4.33. The molecule has 0 bridgehead atoms. The Balaban J connectivity index is 0.913. The lowest BCUT2D eigenvalue weighted by atomic mass is 10.0. The highest BCUT2D eigenvalue weighted by atomic mass is 16.2. The van der Waals surface area contributed by atoms with Crippen molar-refractivity contribution in [3.8, 4) is 0 Å². The molecule has 2 aliphatic heterocycles. The molecular formula is C38H34N6O5. The van der Waals surface area contributed by atoms with Gasteiger partial charge in [0.15, 0.2) is 0 Å². The molecule has 0 radical (unpaired) electrons. The van der Waals surface area contributed by atoms with E-state index in [0.717, 1.165) is 59.5 Å². The molecule has 1 aliphatic carbocycles. The van der Waals surface area contributed by atoms with Crippen LogP contribution in [0.5, 0.6) is 0 Å². The molecule has 3 aromatic carbocycles. The quantitative estimate of drug-likeness (QED) is 0.228. The van der Waals surface area contributed by atoms with Gasteiger partial charge < -0.3 is 14.8 Å². The second-order valence-corrected chi connectivity index (χ2v) is 13.2. The van der Waals surface area contributed by atoms with Gasteiger partial charge in [-0.15, -0.1) is 0 Å². The molecular weight excluding hydrogens is 620 g/mol. The first-order chi connectivity index (χ1) is 23.7. The van der Waals surface area contributed by atoms with E-state index in [1.54, 1.807) is 0 Å². The van der Waals surface area contributed by atoms with Crippen LogP contribution in [0.1, 0.15) is 67.9 Å². The third kappa shape index (κ3) is 5.36. The van der Waals surface area contributed by atoms with E-state index in [2.05, 4.69) is 86.7 Å². The highest BCUT2D eigenvalue weighted by Gasteiger charge is 2.47. The van der Waals surface area contributed by atoms with Crippen molar-refractivity contribution in [2.45, 2.75) is 50.4 Å². The maximum absolute atomic E-state index is 13.4. The number of para-hydroxylation sites is 1. The van der Waals surface area contributed by atoms with Gasteiger partial charge >= 0.3 is 0 Å². The van der Waals surface area contributed by atoms with Crippen molar-refractivity contribution in [1.82, 2.24) is 30.0 Å². The fraction of sp³-hybridized carbons (Fsp3) is 0.263. The van der Waals surface area contributed by atoms with Gasteiger partial charge in [-0.25, -0.2) is 4.98 Å². The Morgan fingerprint density at radius 2 is 1.69 bits per heavy atom. The van der Waals surface area contributed by atoms with E-state index in [1.165, 1.54) is 29.1 Å². The fourth-order valence-corrected chi connectivity index (χ4v) is 7.20. The van der Waals surface area contributed by atoms with Crippen molar-refractivity contribution in [2.24, 2.45) is 0 Å². The number of benzene rings is 3. The van der Waals surface area contributed by atoms with Crippen molar-refractivity contribution >= 4 is 51.5 Å². The number of piperidine rings is 1. The molecule has 2 aromatic heterocycles. The molecule has 3 aliphatic rings. The van der Waals surface area contributed by atoms with Crippen LogP contribution in [0, 0.1) is 0 Å². The first-order valence-corrected chi connectivity index (χ1v) is 16.5. The largest absolute Gasteiger partial charge is 0.343 e. The van der Waals surface area contributed by atoms with Crippen LogP contribution in [0.25, 0.3) is 21.9 Å². The van der Waals surface area contributed by atoms with Gasteiger partial charge in [-0.3, -0.25) is 34.2 Å². The van der Waals surface area contributed by atoms with E-state index in [0.29, 0.717) is 0 Å². The summed E-state index contributed by atoms with van der Waals surface area (Å²) in [7, 11) is 2.11. The van der Waals surface area contributed by atoms with E-state index in [9.17, 15) is 24.0 Å². The van der Waals surface area contributed by atoms with Gasteiger partial charge in [0, 0.05) is 48.6 Å². The second kappa shape index (κ2) is 11.8. The number of nitrogens with one attached hydrogen (secondary N) is 2. The summed E-state index contributed by atoms with van der Waals surface area (Å²) >= 11 is 0. The van der Waals surface area contributed by atoms with Crippen molar-refractivity contribution < 1.29 is 24.0 Å². The van der Waals surface area contributed by atoms with Crippen molar-refractivity contribution in [1.29, 1.82) is 0 Å². The Kier molecular flexibility index (Phi) is 7.37. The summed E-state index contributed by atoms with van der Waals surface area (Å²) in [4.78, 5) is 71.5. The highest BCUT2D eigenvalue weighted by Crippen LogP contribution is 2.46. The Morgan fingerprint density at radius 3 is 2.47 bits per heavy atom. The maximum atomic E-state index is 13.4. The van der Waals surface area contributed by atoms with E-state index >= 15 is 0 Å². The monoisotopic (exact) mass is 654 g/mol. The highest BCUT2D eigenvalue weighted by molar-refractivity contribution is 6.24. The lowest BCUT2D eigenvalue weighted by Gasteiger charge is -2.27. The van der Waals surface area contributed by atoms with E-state index in [4.69, 9.17) is 0 Å². The Hall–Kier alpha value is -5.68. The average molecular weight is 655 g/mol. The number of carbonyl (C=O) groups excluding carboxylic acids is 5. The molecule has 11 heteroatoms. The van der Waals surface area contributed by atoms with Gasteiger partial charge in [0.2, 0.25) is 11.8 Å². The van der Waals surface area contributed by atoms with Crippen LogP contribution in [0.4, 0.5) is 0 Å². The first kappa shape index (κ1) is 30.6. The number of imide groups is 2. The van der Waals surface area contributed by atoms with Gasteiger partial charge in [-0.05, 0) is 73.8 Å². The van der Waals surface area contributed by atoms with E-state index in [-0.39, 0.29) is 35.4 Å². The fourth-order valence-electron chi connectivity index (χ4n) is 7.20. The molecule has 2 fully saturated rings. The molecule has 1 saturated heterocycles. The zero-order valence-corrected chi connectivity index (χ0v) is 26.9. The van der Waals surface area contributed by atoms with Crippen LogP contribution in [0.15, 0.2) is 85.1 Å². The van der Waals surface area contributed by atoms with Gasteiger partial charge in [-0.1, -0.05) is 42.5 Å². The number of hydrogen-bond donors (Lipinski definition) is 2. The number of nitrogens with zero attached hydrogens (tertiary/aromatic N) is 4. The number of fused-ring (bicyclic) bond motifs is 4. The molecule has 1 unspecified atom stereocenters. The minimum atomic E-state index is -1.06. The SMILES string of the molecule is CN(CCn1c2ccccc2c2cccnc21)Cc1ccc(C2(NC(=O)c3ccc4c(c3)C(=O)N(C3CCC(=O)NC3=O)C4=O)CC2)cc1. The molecule has 0 spiro atoms. The Morgan fingerprint density at radius 1 is 0.939 bits per heavy atom. The number of aromatic nitrogens is 2. The summed E-state index contributed by atoms with van der Waals surface area (Å²) < 4.78 is 2.28. The number of amides is 5. The molecule has 11 nitrogen and oxygen atoms in total. The second-order valence-electron chi connectivity index (χ2n) is 13.2. The van der Waals surface area contributed by atoms with Crippen LogP contribution in [0.2, 0.25) is 0 Å². The Bertz CT molecular complexity index is 2150. The topological polar surface area (TPSA) is 134 Å². The van der Waals surface area contributed by atoms with Crippen LogP contribution in [-0.2, 0) is 28.2 Å². The zero-order chi connectivity index (χ0) is 33.9. The van der Waals surface area contributed by atoms with Crippen LogP contribution in [0.3, 0.4) is 0 Å². The van der Waals surface area contributed by atoms with E-state index in [1.807, 2.05) is 12.3 Å². The standard InChI is InChI=1S/C38H34N6O5/c1-42(19-20-43-30-7-3-2-5-26(30)27-6-4-18-39-33(27)43)22-23-8-11-25(12-9-23)38(16-17-38)41-34(46)24-10-13-28-29(21-24)37(49)44(36(28)48)31-14-15-32(45)40-35(31)47/h2-13,18,21,31H,14-17,19-20,22H2,1H3,(H,41,46)(H,40,45,47). The number of rotatable bonds is 9.